The second-order valence-corrected chi connectivity index (χ2v) is 13.0. The van der Waals surface area contributed by atoms with E-state index in [1.165, 1.54) is 54.6 Å². The average Bonchev–Trinajstić information content (AvgIpc) is 3.56. The summed E-state index contributed by atoms with van der Waals surface area (Å²) in [7, 11) is 0. The summed E-state index contributed by atoms with van der Waals surface area (Å²) in [5.41, 5.74) is 9.72. The zero-order valence-corrected chi connectivity index (χ0v) is 27.3. The first-order valence-corrected chi connectivity index (χ1v) is 17.1. The first kappa shape index (κ1) is 28.4. The van der Waals surface area contributed by atoms with Gasteiger partial charge in [0.2, 0.25) is 0 Å². The van der Waals surface area contributed by atoms with Gasteiger partial charge in [-0.3, -0.25) is 0 Å². The molecule has 0 radical (unpaired) electrons. The summed E-state index contributed by atoms with van der Waals surface area (Å²) in [6, 6.07) is 67.6. The zero-order chi connectivity index (χ0) is 33.0. The van der Waals surface area contributed by atoms with Crippen molar-refractivity contribution in [3.63, 3.8) is 0 Å². The van der Waals surface area contributed by atoms with E-state index in [1.807, 2.05) is 12.1 Å². The van der Waals surface area contributed by atoms with Crippen LogP contribution in [0.25, 0.3) is 76.5 Å². The largest absolute Gasteiger partial charge is 0.456 e. The summed E-state index contributed by atoms with van der Waals surface area (Å²) in [5.74, 6) is 0. The third-order valence-electron chi connectivity index (χ3n) is 10.0. The van der Waals surface area contributed by atoms with E-state index < -0.39 is 0 Å². The van der Waals surface area contributed by atoms with Crippen molar-refractivity contribution >= 4 is 71.3 Å². The standard InChI is InChI=1S/C48H31NO/c1-2-10-35-28-38(18-16-32(35)8-1)36-11-7-12-41(30-36)49(42-25-27-46-45-14-5-6-15-47(45)50-48(46)31-42)40-23-20-33(21-24-40)37-22-26-44-39(29-37)19-17-34-9-3-4-13-43(34)44/h1-31H. The fourth-order valence-corrected chi connectivity index (χ4v) is 7.49. The van der Waals surface area contributed by atoms with E-state index in [0.29, 0.717) is 0 Å². The van der Waals surface area contributed by atoms with Gasteiger partial charge in [-0.15, -0.1) is 0 Å². The maximum absolute atomic E-state index is 6.36. The lowest BCUT2D eigenvalue weighted by Gasteiger charge is -2.26. The number of fused-ring (bicyclic) bond motifs is 7. The quantitative estimate of drug-likeness (QED) is 0.175. The normalized spacial score (nSPS) is 11.6. The number of rotatable bonds is 5. The molecule has 0 unspecified atom stereocenters. The van der Waals surface area contributed by atoms with Crippen LogP contribution in [0.15, 0.2) is 192 Å². The van der Waals surface area contributed by atoms with Gasteiger partial charge in [0, 0.05) is 33.9 Å². The maximum atomic E-state index is 6.36. The zero-order valence-electron chi connectivity index (χ0n) is 27.3. The summed E-state index contributed by atoms with van der Waals surface area (Å²) in [6.45, 7) is 0. The highest BCUT2D eigenvalue weighted by Gasteiger charge is 2.17. The highest BCUT2D eigenvalue weighted by Crippen LogP contribution is 2.41. The molecule has 10 aromatic rings. The molecule has 0 N–H and O–H groups in total. The number of hydrogen-bond acceptors (Lipinski definition) is 2. The van der Waals surface area contributed by atoms with Crippen LogP contribution in [0, 0.1) is 0 Å². The molecule has 0 aliphatic carbocycles. The second kappa shape index (κ2) is 11.5. The number of para-hydroxylation sites is 1. The summed E-state index contributed by atoms with van der Waals surface area (Å²) >= 11 is 0. The Hall–Kier alpha value is -6.64. The van der Waals surface area contributed by atoms with Crippen LogP contribution in [0.5, 0.6) is 0 Å². The Balaban J connectivity index is 1.08. The number of benzene rings is 9. The average molecular weight is 638 g/mol. The molecule has 0 aliphatic rings. The molecular formula is C48H31NO. The van der Waals surface area contributed by atoms with Gasteiger partial charge in [-0.05, 0) is 109 Å². The molecule has 2 heteroatoms. The summed E-state index contributed by atoms with van der Waals surface area (Å²) in [6.07, 6.45) is 0. The molecule has 0 saturated heterocycles. The minimum atomic E-state index is 0.875. The number of nitrogens with zero attached hydrogens (tertiary/aromatic N) is 1. The molecule has 10 rings (SSSR count). The molecule has 0 amide bonds. The molecule has 0 fully saturated rings. The van der Waals surface area contributed by atoms with Crippen LogP contribution in [0.3, 0.4) is 0 Å². The van der Waals surface area contributed by atoms with E-state index in [4.69, 9.17) is 4.42 Å². The van der Waals surface area contributed by atoms with Crippen molar-refractivity contribution in [3.05, 3.63) is 188 Å². The molecule has 0 bridgehead atoms. The predicted molar refractivity (Wildman–Crippen MR) is 212 cm³/mol. The van der Waals surface area contributed by atoms with E-state index >= 15 is 0 Å². The van der Waals surface area contributed by atoms with E-state index in [2.05, 4.69) is 181 Å². The lowest BCUT2D eigenvalue weighted by Crippen LogP contribution is -2.10. The van der Waals surface area contributed by atoms with Crippen molar-refractivity contribution in [2.24, 2.45) is 0 Å². The fourth-order valence-electron chi connectivity index (χ4n) is 7.49. The second-order valence-electron chi connectivity index (χ2n) is 13.0. The van der Waals surface area contributed by atoms with Gasteiger partial charge < -0.3 is 9.32 Å². The predicted octanol–water partition coefficient (Wildman–Crippen LogP) is 13.8. The summed E-state index contributed by atoms with van der Waals surface area (Å²) < 4.78 is 6.36. The van der Waals surface area contributed by atoms with Gasteiger partial charge in [0.05, 0.1) is 0 Å². The highest BCUT2D eigenvalue weighted by atomic mass is 16.3. The Labute approximate surface area is 290 Å². The number of hydrogen-bond donors (Lipinski definition) is 0. The first-order chi connectivity index (χ1) is 24.7. The van der Waals surface area contributed by atoms with Crippen LogP contribution >= 0.6 is 0 Å². The molecule has 2 nitrogen and oxygen atoms in total. The molecule has 50 heavy (non-hydrogen) atoms. The van der Waals surface area contributed by atoms with Crippen molar-refractivity contribution < 1.29 is 4.42 Å². The molecule has 234 valence electrons. The van der Waals surface area contributed by atoms with Crippen molar-refractivity contribution in [2.45, 2.75) is 0 Å². The Kier molecular flexibility index (Phi) is 6.53. The highest BCUT2D eigenvalue weighted by molar-refractivity contribution is 6.09. The van der Waals surface area contributed by atoms with Crippen molar-refractivity contribution in [2.75, 3.05) is 4.90 Å². The Morgan fingerprint density at radius 2 is 0.840 bits per heavy atom. The van der Waals surface area contributed by atoms with E-state index in [-0.39, 0.29) is 0 Å². The molecular weight excluding hydrogens is 607 g/mol. The molecule has 9 aromatic carbocycles. The van der Waals surface area contributed by atoms with E-state index in [0.717, 1.165) is 39.0 Å². The molecule has 0 atom stereocenters. The fraction of sp³-hybridized carbons (Fsp3) is 0. The topological polar surface area (TPSA) is 16.4 Å². The van der Waals surface area contributed by atoms with Crippen molar-refractivity contribution in [1.82, 2.24) is 0 Å². The first-order valence-electron chi connectivity index (χ1n) is 17.1. The Morgan fingerprint density at radius 1 is 0.280 bits per heavy atom. The van der Waals surface area contributed by atoms with Crippen LogP contribution < -0.4 is 4.90 Å². The van der Waals surface area contributed by atoms with Gasteiger partial charge in [-0.25, -0.2) is 0 Å². The third-order valence-corrected chi connectivity index (χ3v) is 10.0. The summed E-state index contributed by atoms with van der Waals surface area (Å²) in [5, 5.41) is 9.81. The van der Waals surface area contributed by atoms with Crippen molar-refractivity contribution in [1.29, 1.82) is 0 Å². The van der Waals surface area contributed by atoms with Crippen LogP contribution in [0.1, 0.15) is 0 Å². The van der Waals surface area contributed by atoms with Crippen LogP contribution in [0.2, 0.25) is 0 Å². The van der Waals surface area contributed by atoms with Gasteiger partial charge in [0.1, 0.15) is 11.2 Å². The van der Waals surface area contributed by atoms with Crippen LogP contribution in [-0.2, 0) is 0 Å². The van der Waals surface area contributed by atoms with E-state index in [9.17, 15) is 0 Å². The van der Waals surface area contributed by atoms with Crippen LogP contribution in [0.4, 0.5) is 17.1 Å². The number of furan rings is 1. The molecule has 0 saturated carbocycles. The van der Waals surface area contributed by atoms with Gasteiger partial charge in [-0.2, -0.15) is 0 Å². The lowest BCUT2D eigenvalue weighted by atomic mass is 9.97. The Bertz CT molecular complexity index is 2880. The molecule has 1 aromatic heterocycles. The SMILES string of the molecule is c1cc(-c2ccc3ccccc3c2)cc(N(c2ccc(-c3ccc4c(ccc5ccccc54)c3)cc2)c2ccc3c(c2)oc2ccccc23)c1. The summed E-state index contributed by atoms with van der Waals surface area (Å²) in [4.78, 5) is 2.33. The lowest BCUT2D eigenvalue weighted by molar-refractivity contribution is 0.669. The van der Waals surface area contributed by atoms with Crippen LogP contribution in [-0.4, -0.2) is 0 Å². The van der Waals surface area contributed by atoms with Gasteiger partial charge in [0.25, 0.3) is 0 Å². The minimum Gasteiger partial charge on any atom is -0.456 e. The third kappa shape index (κ3) is 4.81. The van der Waals surface area contributed by atoms with Gasteiger partial charge in [0.15, 0.2) is 0 Å². The van der Waals surface area contributed by atoms with Gasteiger partial charge >= 0.3 is 0 Å². The monoisotopic (exact) mass is 637 g/mol. The number of anilines is 3. The van der Waals surface area contributed by atoms with E-state index in [1.54, 1.807) is 0 Å². The Morgan fingerprint density at radius 3 is 1.74 bits per heavy atom. The van der Waals surface area contributed by atoms with Gasteiger partial charge in [-0.1, -0.05) is 127 Å². The molecule has 0 spiro atoms. The molecule has 1 heterocycles. The minimum absolute atomic E-state index is 0.875. The smallest absolute Gasteiger partial charge is 0.137 e. The maximum Gasteiger partial charge on any atom is 0.137 e. The van der Waals surface area contributed by atoms with Crippen molar-refractivity contribution in [3.8, 4) is 22.3 Å². The molecule has 0 aliphatic heterocycles.